The Morgan fingerprint density at radius 2 is 2.04 bits per heavy atom. The van der Waals surface area contributed by atoms with E-state index in [2.05, 4.69) is 34.6 Å². The highest BCUT2D eigenvalue weighted by atomic mass is 16.5. The summed E-state index contributed by atoms with van der Waals surface area (Å²) in [6.45, 7) is 4.59. The van der Waals surface area contributed by atoms with Crippen LogP contribution < -0.4 is 15.4 Å². The fourth-order valence-corrected chi connectivity index (χ4v) is 4.46. The number of hydrogen-bond acceptors (Lipinski definition) is 5. The van der Waals surface area contributed by atoms with Crippen molar-refractivity contribution in [2.45, 2.75) is 70.3 Å². The summed E-state index contributed by atoms with van der Waals surface area (Å²) in [6, 6.07) is 6.52. The third kappa shape index (κ3) is 3.48. The molecule has 1 aromatic rings. The zero-order valence-corrected chi connectivity index (χ0v) is 15.3. The van der Waals surface area contributed by atoms with Crippen molar-refractivity contribution in [3.8, 4) is 5.75 Å². The van der Waals surface area contributed by atoms with Crippen molar-refractivity contribution >= 4 is 11.8 Å². The molecule has 2 heterocycles. The van der Waals surface area contributed by atoms with E-state index in [1.807, 2.05) is 6.07 Å². The fourth-order valence-electron chi connectivity index (χ4n) is 4.46. The van der Waals surface area contributed by atoms with E-state index in [9.17, 15) is 9.59 Å². The van der Waals surface area contributed by atoms with E-state index in [4.69, 9.17) is 4.74 Å². The molecule has 6 heteroatoms. The van der Waals surface area contributed by atoms with Crippen LogP contribution in [0.3, 0.4) is 0 Å². The van der Waals surface area contributed by atoms with Crippen LogP contribution in [-0.2, 0) is 22.7 Å². The second-order valence-corrected chi connectivity index (χ2v) is 7.55. The van der Waals surface area contributed by atoms with Crippen LogP contribution in [0.25, 0.3) is 0 Å². The van der Waals surface area contributed by atoms with E-state index < -0.39 is 0 Å². The number of rotatable bonds is 5. The van der Waals surface area contributed by atoms with Crippen molar-refractivity contribution in [1.82, 2.24) is 15.5 Å². The van der Waals surface area contributed by atoms with Gasteiger partial charge in [-0.15, -0.1) is 0 Å². The number of carbonyl (C=O) groups is 2. The highest BCUT2D eigenvalue weighted by Crippen LogP contribution is 2.32. The highest BCUT2D eigenvalue weighted by molar-refractivity contribution is 6.00. The molecule has 1 saturated carbocycles. The first-order valence-electron chi connectivity index (χ1n) is 9.73. The predicted octanol–water partition coefficient (Wildman–Crippen LogP) is 1.72. The Kier molecular flexibility index (Phi) is 4.96. The first-order valence-corrected chi connectivity index (χ1v) is 9.73. The molecule has 0 spiro atoms. The van der Waals surface area contributed by atoms with Crippen molar-refractivity contribution in [1.29, 1.82) is 0 Å². The molecular formula is C20H27N3O3. The summed E-state index contributed by atoms with van der Waals surface area (Å²) >= 11 is 0. The monoisotopic (exact) mass is 357 g/mol. The molecule has 3 aliphatic rings. The molecule has 140 valence electrons. The summed E-state index contributed by atoms with van der Waals surface area (Å²) in [7, 11) is 0. The molecule has 2 fully saturated rings. The number of fused-ring (bicyclic) bond motifs is 1. The van der Waals surface area contributed by atoms with Crippen molar-refractivity contribution in [2.75, 3.05) is 6.54 Å². The van der Waals surface area contributed by atoms with Gasteiger partial charge in [0.05, 0.1) is 6.04 Å². The Morgan fingerprint density at radius 3 is 2.85 bits per heavy atom. The van der Waals surface area contributed by atoms with Crippen molar-refractivity contribution < 1.29 is 14.3 Å². The van der Waals surface area contributed by atoms with Gasteiger partial charge in [-0.2, -0.15) is 0 Å². The molecule has 2 amide bonds. The third-order valence-corrected chi connectivity index (χ3v) is 5.78. The summed E-state index contributed by atoms with van der Waals surface area (Å²) in [4.78, 5) is 25.7. The van der Waals surface area contributed by atoms with E-state index in [-0.39, 0.29) is 24.0 Å². The number of amides is 2. The fraction of sp³-hybridized carbons (Fsp3) is 0.600. The number of benzene rings is 1. The lowest BCUT2D eigenvalue weighted by molar-refractivity contribution is -0.137. The van der Waals surface area contributed by atoms with Crippen LogP contribution in [0.5, 0.6) is 5.75 Å². The number of piperidine rings is 1. The predicted molar refractivity (Wildman–Crippen MR) is 97.6 cm³/mol. The minimum atomic E-state index is -0.211. The maximum absolute atomic E-state index is 12.1. The molecule has 1 aromatic carbocycles. The maximum Gasteiger partial charge on any atom is 0.243 e. The zero-order chi connectivity index (χ0) is 18.1. The first-order chi connectivity index (χ1) is 12.6. The molecule has 0 bridgehead atoms. The molecule has 6 nitrogen and oxygen atoms in total. The lowest BCUT2D eigenvalue weighted by Gasteiger charge is -2.29. The van der Waals surface area contributed by atoms with Gasteiger partial charge in [0.2, 0.25) is 11.8 Å². The topological polar surface area (TPSA) is 70.7 Å². The van der Waals surface area contributed by atoms with Crippen LogP contribution in [0, 0.1) is 0 Å². The smallest absolute Gasteiger partial charge is 0.243 e. The molecule has 26 heavy (non-hydrogen) atoms. The normalized spacial score (nSPS) is 28.9. The van der Waals surface area contributed by atoms with Gasteiger partial charge >= 0.3 is 0 Å². The third-order valence-electron chi connectivity index (χ3n) is 5.78. The number of likely N-dealkylation sites (N-methyl/N-ethyl adjacent to an activating group) is 1. The lowest BCUT2D eigenvalue weighted by atomic mass is 10.0. The van der Waals surface area contributed by atoms with Gasteiger partial charge < -0.3 is 10.1 Å². The minimum absolute atomic E-state index is 0.162. The Labute approximate surface area is 154 Å². The van der Waals surface area contributed by atoms with Crippen molar-refractivity contribution in [3.63, 3.8) is 0 Å². The molecule has 0 radical (unpaired) electrons. The number of nitrogens with zero attached hydrogens (tertiary/aromatic N) is 1. The molecule has 2 N–H and O–H groups in total. The SMILES string of the molecule is CCN[C@@H]1CCC[C@H]1Oc1ccc2c(c1)CN(C1CCC(=O)NC1=O)C2. The van der Waals surface area contributed by atoms with Crippen molar-refractivity contribution in [2.24, 2.45) is 0 Å². The molecule has 4 rings (SSSR count). The van der Waals surface area contributed by atoms with Crippen LogP contribution >= 0.6 is 0 Å². The number of hydrogen-bond donors (Lipinski definition) is 2. The average molecular weight is 357 g/mol. The Hall–Kier alpha value is -1.92. The summed E-state index contributed by atoms with van der Waals surface area (Å²) in [5.41, 5.74) is 2.47. The largest absolute Gasteiger partial charge is 0.489 e. The molecule has 2 aliphatic heterocycles. The molecular weight excluding hydrogens is 330 g/mol. The number of carbonyl (C=O) groups excluding carboxylic acids is 2. The van der Waals surface area contributed by atoms with E-state index >= 15 is 0 Å². The van der Waals surface area contributed by atoms with E-state index in [0.717, 1.165) is 31.8 Å². The molecule has 3 atom stereocenters. The summed E-state index contributed by atoms with van der Waals surface area (Å²) in [5.74, 6) is 0.596. The van der Waals surface area contributed by atoms with Crippen LogP contribution in [0.15, 0.2) is 18.2 Å². The molecule has 1 aliphatic carbocycles. The minimum Gasteiger partial charge on any atom is -0.489 e. The molecule has 1 unspecified atom stereocenters. The molecule has 0 aromatic heterocycles. The van der Waals surface area contributed by atoms with E-state index in [1.54, 1.807) is 0 Å². The van der Waals surface area contributed by atoms with Gasteiger partial charge in [0.1, 0.15) is 11.9 Å². The van der Waals surface area contributed by atoms with E-state index in [0.29, 0.717) is 18.9 Å². The van der Waals surface area contributed by atoms with Gasteiger partial charge in [0.15, 0.2) is 0 Å². The number of nitrogens with one attached hydrogen (secondary N) is 2. The number of ether oxygens (including phenoxy) is 1. The summed E-state index contributed by atoms with van der Waals surface area (Å²) in [5, 5.41) is 5.98. The van der Waals surface area contributed by atoms with Crippen LogP contribution in [0.2, 0.25) is 0 Å². The zero-order valence-electron chi connectivity index (χ0n) is 15.3. The number of imide groups is 1. The van der Waals surface area contributed by atoms with Gasteiger partial charge in [0.25, 0.3) is 0 Å². The first kappa shape index (κ1) is 17.5. The lowest BCUT2D eigenvalue weighted by Crippen LogP contribution is -2.50. The standard InChI is InChI=1S/C20H27N3O3/c1-2-21-16-4-3-5-18(16)26-15-7-6-13-11-23(12-14(13)10-15)17-8-9-19(24)22-20(17)25/h6-7,10,16-18,21H,2-5,8-9,11-12H2,1H3,(H,22,24,25)/t16-,17?,18-/m1/s1. The van der Waals surface area contributed by atoms with Crippen LogP contribution in [0.4, 0.5) is 0 Å². The van der Waals surface area contributed by atoms with Gasteiger partial charge in [-0.25, -0.2) is 0 Å². The second-order valence-electron chi connectivity index (χ2n) is 7.55. The summed E-state index contributed by atoms with van der Waals surface area (Å²) < 4.78 is 6.28. The maximum atomic E-state index is 12.1. The van der Waals surface area contributed by atoms with Gasteiger partial charge in [-0.05, 0) is 55.5 Å². The molecule has 1 saturated heterocycles. The van der Waals surface area contributed by atoms with Gasteiger partial charge in [0, 0.05) is 25.6 Å². The quantitative estimate of drug-likeness (QED) is 0.785. The second kappa shape index (κ2) is 7.37. The Balaban J connectivity index is 1.42. The van der Waals surface area contributed by atoms with Crippen LogP contribution in [0.1, 0.15) is 50.2 Å². The Morgan fingerprint density at radius 1 is 1.19 bits per heavy atom. The van der Waals surface area contributed by atoms with Gasteiger partial charge in [-0.1, -0.05) is 13.0 Å². The van der Waals surface area contributed by atoms with Crippen LogP contribution in [-0.4, -0.2) is 41.4 Å². The Bertz CT molecular complexity index is 706. The van der Waals surface area contributed by atoms with E-state index in [1.165, 1.54) is 24.0 Å². The average Bonchev–Trinajstić information content (AvgIpc) is 3.22. The van der Waals surface area contributed by atoms with Gasteiger partial charge in [-0.3, -0.25) is 19.8 Å². The highest BCUT2D eigenvalue weighted by Gasteiger charge is 2.35. The van der Waals surface area contributed by atoms with Crippen molar-refractivity contribution in [3.05, 3.63) is 29.3 Å². The summed E-state index contributed by atoms with van der Waals surface area (Å²) in [6.07, 6.45) is 4.74.